The van der Waals surface area contributed by atoms with Crippen LogP contribution < -0.4 is 15.4 Å². The Bertz CT molecular complexity index is 856. The maximum Gasteiger partial charge on any atom is 0.229 e. The van der Waals surface area contributed by atoms with Gasteiger partial charge in [-0.3, -0.25) is 9.52 Å². The first-order valence-electron chi connectivity index (χ1n) is 8.43. The molecule has 1 aromatic heterocycles. The van der Waals surface area contributed by atoms with E-state index < -0.39 is 10.0 Å². The predicted molar refractivity (Wildman–Crippen MR) is 105 cm³/mol. The highest BCUT2D eigenvalue weighted by Gasteiger charge is 2.16. The van der Waals surface area contributed by atoms with Crippen LogP contribution in [0.15, 0.2) is 29.6 Å². The van der Waals surface area contributed by atoms with E-state index in [0.717, 1.165) is 43.4 Å². The molecule has 0 bridgehead atoms. The van der Waals surface area contributed by atoms with Crippen molar-refractivity contribution in [2.45, 2.75) is 19.3 Å². The van der Waals surface area contributed by atoms with Crippen LogP contribution in [0.3, 0.4) is 0 Å². The average Bonchev–Trinajstić information content (AvgIpc) is 3.24. The number of nitrogens with zero attached hydrogens (tertiary/aromatic N) is 1. The maximum atomic E-state index is 12.1. The fraction of sp³-hybridized carbons (Fsp3) is 0.412. The molecule has 7 nitrogen and oxygen atoms in total. The van der Waals surface area contributed by atoms with Gasteiger partial charge in [-0.2, -0.15) is 0 Å². The van der Waals surface area contributed by atoms with Gasteiger partial charge in [0.25, 0.3) is 0 Å². The molecule has 0 aliphatic carbocycles. The van der Waals surface area contributed by atoms with Crippen LogP contribution in [0.25, 0.3) is 11.3 Å². The Morgan fingerprint density at radius 3 is 2.77 bits per heavy atom. The van der Waals surface area contributed by atoms with Crippen LogP contribution in [0, 0.1) is 5.92 Å². The van der Waals surface area contributed by atoms with Crippen LogP contribution in [0.4, 0.5) is 10.8 Å². The Kier molecular flexibility index (Phi) is 5.90. The van der Waals surface area contributed by atoms with Gasteiger partial charge in [0.1, 0.15) is 0 Å². The zero-order chi connectivity index (χ0) is 18.6. The number of benzene rings is 1. The molecule has 3 N–H and O–H groups in total. The Balaban J connectivity index is 1.56. The smallest absolute Gasteiger partial charge is 0.229 e. The summed E-state index contributed by atoms with van der Waals surface area (Å²) in [6.07, 6.45) is 3.65. The summed E-state index contributed by atoms with van der Waals surface area (Å²) in [5, 5.41) is 8.61. The van der Waals surface area contributed by atoms with Crippen molar-refractivity contribution in [1.29, 1.82) is 0 Å². The molecular formula is C17H22N4O3S2. The molecule has 1 aromatic carbocycles. The summed E-state index contributed by atoms with van der Waals surface area (Å²) in [6.45, 7) is 2.04. The Morgan fingerprint density at radius 1 is 1.35 bits per heavy atom. The standard InChI is InChI=1S/C17H22N4O3S2/c1-26(23,24)21-14-5-3-13(4-6-14)15-11-25-17(19-15)20-16(22)7-2-12-8-9-18-10-12/h3-6,11-12,18,21H,2,7-10H2,1H3,(H,19,20,22). The van der Waals surface area contributed by atoms with Crippen LogP contribution in [0.5, 0.6) is 0 Å². The second-order valence-corrected chi connectivity index (χ2v) is 9.04. The predicted octanol–water partition coefficient (Wildman–Crippen LogP) is 2.51. The molecule has 0 saturated carbocycles. The third-order valence-corrected chi connectivity index (χ3v) is 5.54. The largest absolute Gasteiger partial charge is 0.316 e. The van der Waals surface area contributed by atoms with E-state index >= 15 is 0 Å². The lowest BCUT2D eigenvalue weighted by atomic mass is 10.0. The molecule has 1 atom stereocenters. The zero-order valence-electron chi connectivity index (χ0n) is 14.5. The summed E-state index contributed by atoms with van der Waals surface area (Å²) >= 11 is 1.38. The Hall–Kier alpha value is -1.97. The van der Waals surface area contributed by atoms with Crippen LogP contribution in [-0.2, 0) is 14.8 Å². The number of aromatic nitrogens is 1. The second kappa shape index (κ2) is 8.15. The van der Waals surface area contributed by atoms with Gasteiger partial charge in [0.05, 0.1) is 11.9 Å². The summed E-state index contributed by atoms with van der Waals surface area (Å²) in [4.78, 5) is 16.5. The highest BCUT2D eigenvalue weighted by molar-refractivity contribution is 7.92. The third-order valence-electron chi connectivity index (χ3n) is 4.18. The fourth-order valence-electron chi connectivity index (χ4n) is 2.86. The number of hydrogen-bond donors (Lipinski definition) is 3. The number of hydrogen-bond acceptors (Lipinski definition) is 6. The fourth-order valence-corrected chi connectivity index (χ4v) is 4.16. The lowest BCUT2D eigenvalue weighted by Crippen LogP contribution is -2.14. The first-order valence-corrected chi connectivity index (χ1v) is 11.2. The Labute approximate surface area is 157 Å². The van der Waals surface area contributed by atoms with Gasteiger partial charge in [0.15, 0.2) is 5.13 Å². The lowest BCUT2D eigenvalue weighted by molar-refractivity contribution is -0.116. The number of rotatable bonds is 7. The molecule has 1 aliphatic rings. The van der Waals surface area contributed by atoms with E-state index in [4.69, 9.17) is 0 Å². The van der Waals surface area contributed by atoms with Crippen molar-refractivity contribution in [2.24, 2.45) is 5.92 Å². The number of nitrogens with one attached hydrogen (secondary N) is 3. The number of carbonyl (C=O) groups excluding carboxylic acids is 1. The quantitative estimate of drug-likeness (QED) is 0.670. The molecule has 2 heterocycles. The molecule has 140 valence electrons. The van der Waals surface area contributed by atoms with Crippen molar-refractivity contribution >= 4 is 38.1 Å². The number of carbonyl (C=O) groups is 1. The number of anilines is 2. The highest BCUT2D eigenvalue weighted by Crippen LogP contribution is 2.26. The van der Waals surface area contributed by atoms with Gasteiger partial charge < -0.3 is 10.6 Å². The average molecular weight is 395 g/mol. The van der Waals surface area contributed by atoms with Crippen LogP contribution in [-0.4, -0.2) is 38.7 Å². The Morgan fingerprint density at radius 2 is 2.12 bits per heavy atom. The summed E-state index contributed by atoms with van der Waals surface area (Å²) in [6, 6.07) is 6.95. The van der Waals surface area contributed by atoms with Gasteiger partial charge in [-0.1, -0.05) is 12.1 Å². The van der Waals surface area contributed by atoms with Crippen LogP contribution in [0.2, 0.25) is 0 Å². The van der Waals surface area contributed by atoms with Crippen LogP contribution >= 0.6 is 11.3 Å². The van der Waals surface area contributed by atoms with E-state index in [1.165, 1.54) is 11.3 Å². The monoisotopic (exact) mass is 394 g/mol. The van der Waals surface area contributed by atoms with Gasteiger partial charge in [0, 0.05) is 23.1 Å². The number of amides is 1. The molecule has 3 rings (SSSR count). The van der Waals surface area contributed by atoms with E-state index in [1.807, 2.05) is 5.38 Å². The van der Waals surface area contributed by atoms with Gasteiger partial charge >= 0.3 is 0 Å². The van der Waals surface area contributed by atoms with E-state index in [2.05, 4.69) is 20.3 Å². The molecule has 1 aliphatic heterocycles. The molecule has 26 heavy (non-hydrogen) atoms. The van der Waals surface area contributed by atoms with Gasteiger partial charge in [-0.05, 0) is 44.0 Å². The normalized spacial score (nSPS) is 17.2. The first kappa shape index (κ1) is 18.8. The molecule has 1 fully saturated rings. The third kappa shape index (κ3) is 5.52. The second-order valence-electron chi connectivity index (χ2n) is 6.44. The summed E-state index contributed by atoms with van der Waals surface area (Å²) in [5.74, 6) is 0.581. The van der Waals surface area contributed by atoms with E-state index in [0.29, 0.717) is 23.2 Å². The van der Waals surface area contributed by atoms with Crippen molar-refractivity contribution < 1.29 is 13.2 Å². The van der Waals surface area contributed by atoms with Crippen molar-refractivity contribution in [3.8, 4) is 11.3 Å². The van der Waals surface area contributed by atoms with Crippen molar-refractivity contribution in [3.63, 3.8) is 0 Å². The lowest BCUT2D eigenvalue weighted by Gasteiger charge is -2.07. The van der Waals surface area contributed by atoms with Gasteiger partial charge in [-0.15, -0.1) is 11.3 Å². The minimum atomic E-state index is -3.29. The molecule has 9 heteroatoms. The van der Waals surface area contributed by atoms with E-state index in [9.17, 15) is 13.2 Å². The minimum Gasteiger partial charge on any atom is -0.316 e. The number of sulfonamides is 1. The molecule has 0 spiro atoms. The SMILES string of the molecule is CS(=O)(=O)Nc1ccc(-c2csc(NC(=O)CCC3CCNC3)n2)cc1. The molecular weight excluding hydrogens is 372 g/mol. The molecule has 0 radical (unpaired) electrons. The molecule has 1 amide bonds. The molecule has 1 unspecified atom stereocenters. The topological polar surface area (TPSA) is 100 Å². The molecule has 1 saturated heterocycles. The zero-order valence-corrected chi connectivity index (χ0v) is 16.1. The van der Waals surface area contributed by atoms with Crippen molar-refractivity contribution in [3.05, 3.63) is 29.6 Å². The summed E-state index contributed by atoms with van der Waals surface area (Å²) < 4.78 is 24.9. The highest BCUT2D eigenvalue weighted by atomic mass is 32.2. The molecule has 2 aromatic rings. The van der Waals surface area contributed by atoms with E-state index in [1.54, 1.807) is 24.3 Å². The minimum absolute atomic E-state index is 0.00880. The van der Waals surface area contributed by atoms with E-state index in [-0.39, 0.29) is 5.91 Å². The number of thiazole rings is 1. The maximum absolute atomic E-state index is 12.1. The van der Waals surface area contributed by atoms with Gasteiger partial charge in [0.2, 0.25) is 15.9 Å². The van der Waals surface area contributed by atoms with Crippen LogP contribution in [0.1, 0.15) is 19.3 Å². The van der Waals surface area contributed by atoms with Gasteiger partial charge in [-0.25, -0.2) is 13.4 Å². The van der Waals surface area contributed by atoms with Crippen molar-refractivity contribution in [1.82, 2.24) is 10.3 Å². The van der Waals surface area contributed by atoms with Crippen molar-refractivity contribution in [2.75, 3.05) is 29.4 Å². The first-order chi connectivity index (χ1) is 12.4. The summed E-state index contributed by atoms with van der Waals surface area (Å²) in [7, 11) is -3.29. The summed E-state index contributed by atoms with van der Waals surface area (Å²) in [5.41, 5.74) is 2.11.